The van der Waals surface area contributed by atoms with Crippen molar-refractivity contribution in [1.82, 2.24) is 4.90 Å². The van der Waals surface area contributed by atoms with E-state index < -0.39 is 0 Å². The topological polar surface area (TPSA) is 45.5 Å². The van der Waals surface area contributed by atoms with E-state index in [1.54, 1.807) is 19.2 Å². The van der Waals surface area contributed by atoms with Crippen LogP contribution in [0.2, 0.25) is 0 Å². The molecule has 1 aromatic carbocycles. The number of hydrogen-bond acceptors (Lipinski definition) is 4. The minimum absolute atomic E-state index is 0.417. The van der Waals surface area contributed by atoms with Crippen LogP contribution in [0.3, 0.4) is 0 Å². The van der Waals surface area contributed by atoms with Crippen LogP contribution in [-0.4, -0.2) is 44.9 Å². The van der Waals surface area contributed by atoms with Crippen LogP contribution < -0.4 is 4.74 Å². The summed E-state index contributed by atoms with van der Waals surface area (Å²) in [6, 6.07) is 9.69. The minimum Gasteiger partial charge on any atom is -0.494 e. The highest BCUT2D eigenvalue weighted by molar-refractivity contribution is 5.34. The molecule has 0 aromatic heterocycles. The van der Waals surface area contributed by atoms with Crippen LogP contribution in [0.4, 0.5) is 0 Å². The van der Waals surface area contributed by atoms with Crippen LogP contribution in [0, 0.1) is 11.3 Å². The lowest BCUT2D eigenvalue weighted by atomic mass is 10.2. The average molecular weight is 262 g/mol. The summed E-state index contributed by atoms with van der Waals surface area (Å²) in [5, 5.41) is 8.69. The first-order valence-corrected chi connectivity index (χ1v) is 6.49. The zero-order chi connectivity index (χ0) is 14.1. The zero-order valence-corrected chi connectivity index (χ0v) is 11.9. The van der Waals surface area contributed by atoms with Crippen molar-refractivity contribution in [3.8, 4) is 11.8 Å². The van der Waals surface area contributed by atoms with E-state index in [0.29, 0.717) is 18.2 Å². The number of rotatable bonds is 8. The van der Waals surface area contributed by atoms with Crippen molar-refractivity contribution in [2.24, 2.45) is 0 Å². The van der Waals surface area contributed by atoms with Crippen LogP contribution in [0.25, 0.3) is 0 Å². The molecule has 0 aliphatic heterocycles. The van der Waals surface area contributed by atoms with Crippen molar-refractivity contribution in [2.45, 2.75) is 19.4 Å². The number of nitriles is 1. The quantitative estimate of drug-likeness (QED) is 0.674. The van der Waals surface area contributed by atoms with E-state index in [0.717, 1.165) is 25.3 Å². The number of nitrogens with zero attached hydrogens (tertiary/aromatic N) is 2. The van der Waals surface area contributed by atoms with E-state index in [9.17, 15) is 0 Å². The van der Waals surface area contributed by atoms with Crippen molar-refractivity contribution in [2.75, 3.05) is 33.9 Å². The summed E-state index contributed by atoms with van der Waals surface area (Å²) < 4.78 is 10.8. The second-order valence-corrected chi connectivity index (χ2v) is 4.62. The van der Waals surface area contributed by atoms with Crippen LogP contribution >= 0.6 is 0 Å². The van der Waals surface area contributed by atoms with Crippen LogP contribution in [0.15, 0.2) is 24.3 Å². The Bertz CT molecular complexity index is 398. The maximum atomic E-state index is 8.69. The Balaban J connectivity index is 2.21. The number of ether oxygens (including phenoxy) is 2. The number of hydrogen-bond donors (Lipinski definition) is 0. The second kappa shape index (κ2) is 8.52. The molecule has 0 bridgehead atoms. The highest BCUT2D eigenvalue weighted by Crippen LogP contribution is 2.11. The number of benzene rings is 1. The van der Waals surface area contributed by atoms with E-state index in [2.05, 4.69) is 24.9 Å². The van der Waals surface area contributed by atoms with Crippen LogP contribution in [0.5, 0.6) is 5.75 Å². The predicted molar refractivity (Wildman–Crippen MR) is 75.2 cm³/mol. The molecule has 0 N–H and O–H groups in total. The van der Waals surface area contributed by atoms with Gasteiger partial charge >= 0.3 is 0 Å². The van der Waals surface area contributed by atoms with Crippen molar-refractivity contribution < 1.29 is 9.47 Å². The predicted octanol–water partition coefficient (Wildman–Crippen LogP) is 2.29. The van der Waals surface area contributed by atoms with Crippen molar-refractivity contribution in [3.63, 3.8) is 0 Å². The van der Waals surface area contributed by atoms with Gasteiger partial charge in [-0.3, -0.25) is 0 Å². The Morgan fingerprint density at radius 3 is 2.58 bits per heavy atom. The van der Waals surface area contributed by atoms with E-state index in [1.165, 1.54) is 0 Å². The molecular weight excluding hydrogens is 240 g/mol. The summed E-state index contributed by atoms with van der Waals surface area (Å²) in [5.74, 6) is 0.812. The molecule has 1 rings (SSSR count). The molecule has 4 heteroatoms. The Morgan fingerprint density at radius 2 is 2.00 bits per heavy atom. The van der Waals surface area contributed by atoms with E-state index in [4.69, 9.17) is 14.7 Å². The molecule has 0 spiro atoms. The fourth-order valence-electron chi connectivity index (χ4n) is 1.72. The van der Waals surface area contributed by atoms with Crippen molar-refractivity contribution in [1.29, 1.82) is 5.26 Å². The largest absolute Gasteiger partial charge is 0.494 e. The van der Waals surface area contributed by atoms with Gasteiger partial charge in [0.25, 0.3) is 0 Å². The van der Waals surface area contributed by atoms with Crippen LogP contribution in [0.1, 0.15) is 18.9 Å². The van der Waals surface area contributed by atoms with Gasteiger partial charge in [0.15, 0.2) is 0 Å². The molecule has 0 saturated heterocycles. The highest BCUT2D eigenvalue weighted by Gasteiger charge is 2.07. The average Bonchev–Trinajstić information content (AvgIpc) is 2.44. The van der Waals surface area contributed by atoms with Crippen molar-refractivity contribution in [3.05, 3.63) is 29.8 Å². The Kier molecular flexibility index (Phi) is 6.94. The van der Waals surface area contributed by atoms with Crippen molar-refractivity contribution >= 4 is 0 Å². The van der Waals surface area contributed by atoms with E-state index >= 15 is 0 Å². The summed E-state index contributed by atoms with van der Waals surface area (Å²) in [6.45, 7) is 4.54. The Labute approximate surface area is 115 Å². The van der Waals surface area contributed by atoms with Gasteiger partial charge in [-0.1, -0.05) is 0 Å². The second-order valence-electron chi connectivity index (χ2n) is 4.62. The Hall–Kier alpha value is -1.57. The molecule has 1 aromatic rings. The van der Waals surface area contributed by atoms with Gasteiger partial charge < -0.3 is 14.4 Å². The first-order valence-electron chi connectivity index (χ1n) is 6.49. The third-order valence-electron chi connectivity index (χ3n) is 3.07. The first-order chi connectivity index (χ1) is 9.17. The lowest BCUT2D eigenvalue weighted by Crippen LogP contribution is -2.34. The number of methoxy groups -OCH3 is 1. The summed E-state index contributed by atoms with van der Waals surface area (Å²) >= 11 is 0. The van der Waals surface area contributed by atoms with Gasteiger partial charge in [0.2, 0.25) is 0 Å². The molecule has 0 fully saturated rings. The van der Waals surface area contributed by atoms with Gasteiger partial charge in [-0.05, 0) is 44.7 Å². The maximum Gasteiger partial charge on any atom is 0.119 e. The van der Waals surface area contributed by atoms with Gasteiger partial charge in [-0.2, -0.15) is 5.26 Å². The van der Waals surface area contributed by atoms with Crippen LogP contribution in [-0.2, 0) is 4.74 Å². The van der Waals surface area contributed by atoms with Gasteiger partial charge in [-0.25, -0.2) is 0 Å². The third-order valence-corrected chi connectivity index (χ3v) is 3.07. The molecular formula is C15H22N2O2. The van der Waals surface area contributed by atoms with Gasteiger partial charge in [0.1, 0.15) is 5.75 Å². The molecule has 1 unspecified atom stereocenters. The summed E-state index contributed by atoms with van der Waals surface area (Å²) in [7, 11) is 3.81. The maximum absolute atomic E-state index is 8.69. The lowest BCUT2D eigenvalue weighted by Gasteiger charge is -2.23. The van der Waals surface area contributed by atoms with E-state index in [-0.39, 0.29) is 0 Å². The zero-order valence-electron chi connectivity index (χ0n) is 11.9. The normalized spacial score (nSPS) is 12.2. The molecule has 1 atom stereocenters. The summed E-state index contributed by atoms with van der Waals surface area (Å²) in [6.07, 6.45) is 0.963. The molecule has 0 radical (unpaired) electrons. The number of likely N-dealkylation sites (N-methyl/N-ethyl adjacent to an activating group) is 1. The van der Waals surface area contributed by atoms with Gasteiger partial charge in [-0.15, -0.1) is 0 Å². The van der Waals surface area contributed by atoms with E-state index in [1.807, 2.05) is 12.1 Å². The lowest BCUT2D eigenvalue weighted by molar-refractivity contribution is 0.112. The molecule has 104 valence electrons. The van der Waals surface area contributed by atoms with Gasteiger partial charge in [0.05, 0.1) is 24.8 Å². The fourth-order valence-corrected chi connectivity index (χ4v) is 1.72. The molecule has 0 heterocycles. The molecule has 0 aliphatic carbocycles. The minimum atomic E-state index is 0.417. The standard InChI is InChI=1S/C15H22N2O2/c1-13(12-18-3)17(2)9-4-10-19-15-7-5-14(11-16)6-8-15/h5-8,13H,4,9-10,12H2,1-3H3. The first kappa shape index (κ1) is 15.5. The highest BCUT2D eigenvalue weighted by atomic mass is 16.5. The molecule has 4 nitrogen and oxygen atoms in total. The van der Waals surface area contributed by atoms with Gasteiger partial charge in [0, 0.05) is 19.7 Å². The smallest absolute Gasteiger partial charge is 0.119 e. The monoisotopic (exact) mass is 262 g/mol. The third kappa shape index (κ3) is 5.73. The molecule has 0 aliphatic rings. The molecule has 0 saturated carbocycles. The molecule has 0 amide bonds. The molecule has 19 heavy (non-hydrogen) atoms. The SMILES string of the molecule is COCC(C)N(C)CCCOc1ccc(C#N)cc1. The summed E-state index contributed by atoms with van der Waals surface area (Å²) in [5.41, 5.74) is 0.653. The summed E-state index contributed by atoms with van der Waals surface area (Å²) in [4.78, 5) is 2.26. The fraction of sp³-hybridized carbons (Fsp3) is 0.533. The Morgan fingerprint density at radius 1 is 1.32 bits per heavy atom.